The van der Waals surface area contributed by atoms with Gasteiger partial charge in [-0.3, -0.25) is 0 Å². The molecule has 0 aliphatic rings. The average molecular weight is 231 g/mol. The topological polar surface area (TPSA) is 33.1 Å². The van der Waals surface area contributed by atoms with E-state index in [1.54, 1.807) is 12.1 Å². The molecule has 3 heteroatoms. The molecule has 0 saturated heterocycles. The fourth-order valence-electron chi connectivity index (χ4n) is 1.50. The molecular weight excluding hydrogens is 218 g/mol. The highest BCUT2D eigenvalue weighted by Gasteiger charge is 2.04. The van der Waals surface area contributed by atoms with Crippen LogP contribution in [0.2, 0.25) is 0 Å². The lowest BCUT2D eigenvalue weighted by Crippen LogP contribution is -1.80. The summed E-state index contributed by atoms with van der Waals surface area (Å²) in [5.41, 5.74) is 2.09. The predicted molar refractivity (Wildman–Crippen MR) is 68.9 cm³/mol. The zero-order valence-electron chi connectivity index (χ0n) is 9.10. The van der Waals surface area contributed by atoms with Crippen molar-refractivity contribution in [3.8, 4) is 5.75 Å². The number of phenolic OH excluding ortho intramolecular Hbond substituents is 1. The molecule has 0 atom stereocenters. The normalized spacial score (nSPS) is 11.3. The Morgan fingerprint density at radius 2 is 2.38 bits per heavy atom. The minimum absolute atomic E-state index is 0.292. The second kappa shape index (κ2) is 4.49. The number of hydrogen-bond donors (Lipinski definition) is 1. The van der Waals surface area contributed by atoms with E-state index in [-0.39, 0.29) is 0 Å². The molecule has 1 N–H and O–H groups in total. The van der Waals surface area contributed by atoms with E-state index in [0.29, 0.717) is 5.75 Å². The first kappa shape index (κ1) is 10.9. The van der Waals surface area contributed by atoms with Crippen LogP contribution in [-0.4, -0.2) is 9.48 Å². The first-order chi connectivity index (χ1) is 7.66. The summed E-state index contributed by atoms with van der Waals surface area (Å²) in [5.74, 6) is 0.292. The first-order valence-electron chi connectivity index (χ1n) is 5.06. The smallest absolute Gasteiger partial charge is 0.117 e. The van der Waals surface area contributed by atoms with Gasteiger partial charge >= 0.3 is 0 Å². The van der Waals surface area contributed by atoms with E-state index in [2.05, 4.69) is 17.0 Å². The van der Waals surface area contributed by atoms with Gasteiger partial charge in [0.25, 0.3) is 0 Å². The minimum atomic E-state index is 0.292. The van der Waals surface area contributed by atoms with Crippen LogP contribution in [0.25, 0.3) is 10.1 Å². The molecule has 1 aromatic heterocycles. The Balaban J connectivity index is 2.28. The van der Waals surface area contributed by atoms with Crippen LogP contribution in [0.4, 0.5) is 0 Å². The van der Waals surface area contributed by atoms with Gasteiger partial charge in [0.2, 0.25) is 0 Å². The third-order valence-electron chi connectivity index (χ3n) is 2.24. The fraction of sp³-hybridized carbons (Fsp3) is 0.154. The minimum Gasteiger partial charge on any atom is -0.508 e. The number of allylic oxidation sites excluding steroid dienone is 3. The highest BCUT2D eigenvalue weighted by molar-refractivity contribution is 7.13. The van der Waals surface area contributed by atoms with Gasteiger partial charge in [0.05, 0.1) is 10.4 Å². The first-order valence-corrected chi connectivity index (χ1v) is 5.83. The lowest BCUT2D eigenvalue weighted by molar-refractivity contribution is 0.476. The van der Waals surface area contributed by atoms with Gasteiger partial charge in [-0.05, 0) is 36.7 Å². The van der Waals surface area contributed by atoms with Crippen LogP contribution in [0, 0.1) is 0 Å². The van der Waals surface area contributed by atoms with Crippen LogP contribution in [0.5, 0.6) is 5.75 Å². The van der Waals surface area contributed by atoms with Gasteiger partial charge < -0.3 is 5.11 Å². The predicted octanol–water partition coefficient (Wildman–Crippen LogP) is 3.68. The zero-order chi connectivity index (χ0) is 11.5. The Bertz CT molecular complexity index is 554. The summed E-state index contributed by atoms with van der Waals surface area (Å²) < 4.78 is 5.41. The van der Waals surface area contributed by atoms with Crippen molar-refractivity contribution in [3.05, 3.63) is 48.2 Å². The molecule has 82 valence electrons. The van der Waals surface area contributed by atoms with Gasteiger partial charge in [0.1, 0.15) is 5.75 Å². The third-order valence-corrected chi connectivity index (χ3v) is 3.09. The maximum Gasteiger partial charge on any atom is 0.117 e. The lowest BCUT2D eigenvalue weighted by atomic mass is 10.1. The van der Waals surface area contributed by atoms with Crippen molar-refractivity contribution in [2.45, 2.75) is 13.3 Å². The molecule has 0 spiro atoms. The molecule has 0 radical (unpaired) electrons. The fourth-order valence-corrected chi connectivity index (χ4v) is 2.34. The van der Waals surface area contributed by atoms with Gasteiger partial charge in [-0.2, -0.15) is 4.37 Å². The molecule has 0 saturated carbocycles. The van der Waals surface area contributed by atoms with Gasteiger partial charge in [-0.1, -0.05) is 24.3 Å². The Labute approximate surface area is 98.7 Å². The van der Waals surface area contributed by atoms with E-state index >= 15 is 0 Å². The Kier molecular flexibility index (Phi) is 3.06. The van der Waals surface area contributed by atoms with Crippen molar-refractivity contribution in [1.29, 1.82) is 0 Å². The molecule has 0 unspecified atom stereocenters. The second-order valence-corrected chi connectivity index (χ2v) is 4.57. The number of benzene rings is 1. The number of fused-ring (bicyclic) bond motifs is 1. The molecule has 1 aromatic carbocycles. The van der Waals surface area contributed by atoms with Gasteiger partial charge in [0.15, 0.2) is 0 Å². The van der Waals surface area contributed by atoms with E-state index < -0.39 is 0 Å². The highest BCUT2D eigenvalue weighted by atomic mass is 32.1. The standard InChI is InChI=1S/C13H13NOS/c1-9(2)4-3-5-12-11-7-6-10(15)8-13(11)16-14-12/h3-4,6-8,15H,1,5H2,2H3/b4-3+. The van der Waals surface area contributed by atoms with Crippen molar-refractivity contribution >= 4 is 21.6 Å². The molecule has 0 aliphatic heterocycles. The number of nitrogens with zero attached hydrogens (tertiary/aromatic N) is 1. The lowest BCUT2D eigenvalue weighted by Gasteiger charge is -1.94. The Morgan fingerprint density at radius 1 is 1.56 bits per heavy atom. The van der Waals surface area contributed by atoms with Crippen LogP contribution < -0.4 is 0 Å². The summed E-state index contributed by atoms with van der Waals surface area (Å²) in [6.07, 6.45) is 4.85. The Morgan fingerprint density at radius 3 is 3.12 bits per heavy atom. The van der Waals surface area contributed by atoms with Crippen molar-refractivity contribution in [2.75, 3.05) is 0 Å². The zero-order valence-corrected chi connectivity index (χ0v) is 9.92. The maximum absolute atomic E-state index is 9.34. The van der Waals surface area contributed by atoms with Gasteiger partial charge in [-0.25, -0.2) is 0 Å². The molecule has 2 aromatic rings. The van der Waals surface area contributed by atoms with Crippen LogP contribution in [-0.2, 0) is 6.42 Å². The molecule has 1 heterocycles. The quantitative estimate of drug-likeness (QED) is 0.817. The summed E-state index contributed by atoms with van der Waals surface area (Å²) in [6, 6.07) is 5.36. The van der Waals surface area contributed by atoms with E-state index in [0.717, 1.165) is 27.8 Å². The van der Waals surface area contributed by atoms with Crippen LogP contribution in [0.3, 0.4) is 0 Å². The van der Waals surface area contributed by atoms with Crippen LogP contribution in [0.15, 0.2) is 42.5 Å². The number of phenols is 1. The molecule has 0 aliphatic carbocycles. The largest absolute Gasteiger partial charge is 0.508 e. The van der Waals surface area contributed by atoms with Crippen LogP contribution in [0.1, 0.15) is 12.6 Å². The molecule has 2 rings (SSSR count). The molecule has 0 fully saturated rings. The summed E-state index contributed by atoms with van der Waals surface area (Å²) in [4.78, 5) is 0. The van der Waals surface area contributed by atoms with Crippen LogP contribution >= 0.6 is 11.5 Å². The number of rotatable bonds is 3. The molecule has 0 amide bonds. The van der Waals surface area contributed by atoms with Gasteiger partial charge in [-0.15, -0.1) is 0 Å². The molecule has 2 nitrogen and oxygen atoms in total. The monoisotopic (exact) mass is 231 g/mol. The van der Waals surface area contributed by atoms with Gasteiger partial charge in [0, 0.05) is 11.8 Å². The summed E-state index contributed by atoms with van der Waals surface area (Å²) >= 11 is 1.42. The summed E-state index contributed by atoms with van der Waals surface area (Å²) in [7, 11) is 0. The average Bonchev–Trinajstić information content (AvgIpc) is 2.60. The SMILES string of the molecule is C=C(C)/C=C/Cc1nsc2cc(O)ccc12. The maximum atomic E-state index is 9.34. The second-order valence-electron chi connectivity index (χ2n) is 3.76. The van der Waals surface area contributed by atoms with E-state index in [4.69, 9.17) is 0 Å². The summed E-state index contributed by atoms with van der Waals surface area (Å²) in [5, 5.41) is 10.5. The van der Waals surface area contributed by atoms with Crippen molar-refractivity contribution in [1.82, 2.24) is 4.37 Å². The molecular formula is C13H13NOS. The van der Waals surface area contributed by atoms with E-state index in [1.165, 1.54) is 11.5 Å². The molecule has 16 heavy (non-hydrogen) atoms. The van der Waals surface area contributed by atoms with E-state index in [1.807, 2.05) is 19.1 Å². The number of aromatic nitrogens is 1. The number of aromatic hydroxyl groups is 1. The van der Waals surface area contributed by atoms with Crippen molar-refractivity contribution in [2.24, 2.45) is 0 Å². The Hall–Kier alpha value is -1.61. The third kappa shape index (κ3) is 2.31. The summed E-state index contributed by atoms with van der Waals surface area (Å²) in [6.45, 7) is 5.78. The number of hydrogen-bond acceptors (Lipinski definition) is 3. The molecule has 0 bridgehead atoms. The van der Waals surface area contributed by atoms with E-state index in [9.17, 15) is 5.11 Å². The van der Waals surface area contributed by atoms with Crippen molar-refractivity contribution in [3.63, 3.8) is 0 Å². The van der Waals surface area contributed by atoms with Crippen molar-refractivity contribution < 1.29 is 5.11 Å². The highest BCUT2D eigenvalue weighted by Crippen LogP contribution is 2.26.